The summed E-state index contributed by atoms with van der Waals surface area (Å²) in [4.78, 5) is 0. The number of benzene rings is 7. The summed E-state index contributed by atoms with van der Waals surface area (Å²) in [5.41, 5.74) is 0. The fraction of sp³-hybridized carbons (Fsp3) is 0. The second kappa shape index (κ2) is 13.3. The van der Waals surface area contributed by atoms with Gasteiger partial charge in [0.25, 0.3) is 0 Å². The third kappa shape index (κ3) is 5.60. The van der Waals surface area contributed by atoms with Crippen molar-refractivity contribution in [1.29, 1.82) is 0 Å². The lowest BCUT2D eigenvalue weighted by Crippen LogP contribution is -2.71. The molecule has 0 unspecified atom stereocenters. The van der Waals surface area contributed by atoms with Crippen molar-refractivity contribution in [3.8, 4) is 11.5 Å². The summed E-state index contributed by atoms with van der Waals surface area (Å²) in [6.45, 7) is 0. The highest BCUT2D eigenvalue weighted by Crippen LogP contribution is 2.24. The van der Waals surface area contributed by atoms with E-state index in [4.69, 9.17) is 8.85 Å². The first-order chi connectivity index (χ1) is 22.8. The van der Waals surface area contributed by atoms with Gasteiger partial charge in [-0.25, -0.2) is 0 Å². The highest BCUT2D eigenvalue weighted by atomic mass is 28.4. The van der Waals surface area contributed by atoms with Crippen molar-refractivity contribution in [3.05, 3.63) is 206 Å². The van der Waals surface area contributed by atoms with E-state index in [9.17, 15) is 0 Å². The van der Waals surface area contributed by atoms with Crippen LogP contribution in [-0.4, -0.2) is 16.6 Å². The molecule has 0 radical (unpaired) electrons. The van der Waals surface area contributed by atoms with E-state index in [-0.39, 0.29) is 0 Å². The van der Waals surface area contributed by atoms with Gasteiger partial charge in [0.15, 0.2) is 0 Å². The van der Waals surface area contributed by atoms with E-state index in [0.717, 1.165) is 11.5 Å². The zero-order valence-electron chi connectivity index (χ0n) is 25.4. The Balaban J connectivity index is 1.33. The molecule has 4 heteroatoms. The van der Waals surface area contributed by atoms with Crippen LogP contribution >= 0.6 is 0 Å². The van der Waals surface area contributed by atoms with E-state index in [2.05, 4.69) is 206 Å². The Morgan fingerprint density at radius 1 is 0.217 bits per heavy atom. The Bertz CT molecular complexity index is 1610. The highest BCUT2D eigenvalue weighted by Gasteiger charge is 2.45. The number of rotatable bonds is 10. The van der Waals surface area contributed by atoms with Crippen LogP contribution in [0.3, 0.4) is 0 Å². The number of hydrogen-bond acceptors (Lipinski definition) is 2. The number of hydrogen-bond donors (Lipinski definition) is 0. The molecular weight excluding hydrogens is 593 g/mol. The lowest BCUT2D eigenvalue weighted by atomic mass is 10.3. The molecule has 0 saturated heterocycles. The van der Waals surface area contributed by atoms with Crippen molar-refractivity contribution >= 4 is 47.8 Å². The average Bonchev–Trinajstić information content (AvgIpc) is 3.16. The maximum absolute atomic E-state index is 7.29. The summed E-state index contributed by atoms with van der Waals surface area (Å²) in [6, 6.07) is 72.2. The zero-order chi connectivity index (χ0) is 31.1. The fourth-order valence-corrected chi connectivity index (χ4v) is 14.0. The Hall–Kier alpha value is -5.43. The predicted molar refractivity (Wildman–Crippen MR) is 196 cm³/mol. The first-order valence-corrected chi connectivity index (χ1v) is 19.4. The second-order valence-electron chi connectivity index (χ2n) is 11.2. The molecule has 0 aromatic heterocycles. The van der Waals surface area contributed by atoms with Crippen LogP contribution < -0.4 is 40.0 Å². The van der Waals surface area contributed by atoms with E-state index >= 15 is 0 Å². The molecule has 0 aliphatic carbocycles. The first kappa shape index (κ1) is 29.3. The van der Waals surface area contributed by atoms with Crippen molar-refractivity contribution in [1.82, 2.24) is 0 Å². The molecule has 0 amide bonds. The Morgan fingerprint density at radius 3 is 0.565 bits per heavy atom. The van der Waals surface area contributed by atoms with E-state index < -0.39 is 16.6 Å². The van der Waals surface area contributed by atoms with Gasteiger partial charge in [0.2, 0.25) is 0 Å². The Labute approximate surface area is 273 Å². The van der Waals surface area contributed by atoms with Gasteiger partial charge in [0.1, 0.15) is 11.5 Å². The normalized spacial score (nSPS) is 11.5. The molecule has 0 N–H and O–H groups in total. The van der Waals surface area contributed by atoms with Gasteiger partial charge in [-0.3, -0.25) is 0 Å². The molecule has 0 atom stereocenters. The molecular formula is C42H34O2Si2. The maximum atomic E-state index is 7.29. The van der Waals surface area contributed by atoms with Gasteiger partial charge in [-0.15, -0.1) is 0 Å². The van der Waals surface area contributed by atoms with Crippen molar-refractivity contribution in [2.24, 2.45) is 0 Å². The molecule has 2 nitrogen and oxygen atoms in total. The third-order valence-corrected chi connectivity index (χ3v) is 16.4. The standard InChI is InChI=1S/C42H34O2Si2/c1-7-19-37(20-8-1)45(38-21-9-2-10-22-38,39-23-11-3-12-24-39)43-35-31-33-36(34-32-35)44-46(40-25-13-4-14-26-40,41-27-15-5-16-28-41)42-29-17-6-18-30-42/h1-34H. The van der Waals surface area contributed by atoms with Gasteiger partial charge in [-0.2, -0.15) is 0 Å². The monoisotopic (exact) mass is 626 g/mol. The minimum absolute atomic E-state index is 0.807. The Kier molecular flexibility index (Phi) is 8.46. The molecule has 222 valence electrons. The van der Waals surface area contributed by atoms with Gasteiger partial charge in [0, 0.05) is 0 Å². The molecule has 0 aliphatic rings. The summed E-state index contributed by atoms with van der Waals surface area (Å²) in [5.74, 6) is 1.61. The molecule has 7 aromatic rings. The highest BCUT2D eigenvalue weighted by molar-refractivity contribution is 7.08. The molecule has 7 rings (SSSR count). The first-order valence-electron chi connectivity index (χ1n) is 15.6. The summed E-state index contributed by atoms with van der Waals surface area (Å²) in [6.07, 6.45) is 0. The SMILES string of the molecule is c1ccc([Si](Oc2ccc(O[Si](c3ccccc3)(c3ccccc3)c3ccccc3)cc2)(c2ccccc2)c2ccccc2)cc1. The van der Waals surface area contributed by atoms with Gasteiger partial charge in [0.05, 0.1) is 0 Å². The molecule has 0 heterocycles. The van der Waals surface area contributed by atoms with Crippen LogP contribution in [0.2, 0.25) is 0 Å². The minimum atomic E-state index is -2.92. The van der Waals surface area contributed by atoms with Gasteiger partial charge < -0.3 is 8.85 Å². The molecule has 0 spiro atoms. The molecule has 0 fully saturated rings. The van der Waals surface area contributed by atoms with Crippen LogP contribution in [0.25, 0.3) is 0 Å². The van der Waals surface area contributed by atoms with E-state index in [1.807, 2.05) is 0 Å². The maximum Gasteiger partial charge on any atom is 0.346 e. The second-order valence-corrected chi connectivity index (χ2v) is 17.8. The van der Waals surface area contributed by atoms with Crippen molar-refractivity contribution in [2.45, 2.75) is 0 Å². The van der Waals surface area contributed by atoms with Crippen LogP contribution in [0.4, 0.5) is 0 Å². The largest absolute Gasteiger partial charge is 0.530 e. The summed E-state index contributed by atoms with van der Waals surface area (Å²) in [7, 11) is -5.84. The summed E-state index contributed by atoms with van der Waals surface area (Å²) in [5, 5.41) is 7.15. The van der Waals surface area contributed by atoms with Crippen LogP contribution in [0, 0.1) is 0 Å². The van der Waals surface area contributed by atoms with Crippen molar-refractivity contribution < 1.29 is 8.85 Å². The van der Waals surface area contributed by atoms with Crippen molar-refractivity contribution in [3.63, 3.8) is 0 Å². The third-order valence-electron chi connectivity index (χ3n) is 8.45. The van der Waals surface area contributed by atoms with E-state index in [0.29, 0.717) is 0 Å². The summed E-state index contributed by atoms with van der Waals surface area (Å²) < 4.78 is 14.6. The quantitative estimate of drug-likeness (QED) is 0.142. The van der Waals surface area contributed by atoms with Crippen LogP contribution in [0.5, 0.6) is 11.5 Å². The lowest BCUT2D eigenvalue weighted by Gasteiger charge is -2.34. The average molecular weight is 627 g/mol. The molecule has 46 heavy (non-hydrogen) atoms. The molecule has 0 aliphatic heterocycles. The van der Waals surface area contributed by atoms with Gasteiger partial charge >= 0.3 is 16.6 Å². The van der Waals surface area contributed by atoms with Gasteiger partial charge in [-0.1, -0.05) is 182 Å². The van der Waals surface area contributed by atoms with E-state index in [1.54, 1.807) is 0 Å². The van der Waals surface area contributed by atoms with Crippen LogP contribution in [0.1, 0.15) is 0 Å². The van der Waals surface area contributed by atoms with Crippen LogP contribution in [-0.2, 0) is 0 Å². The molecule has 7 aromatic carbocycles. The minimum Gasteiger partial charge on any atom is -0.530 e. The van der Waals surface area contributed by atoms with Crippen LogP contribution in [0.15, 0.2) is 206 Å². The molecule has 0 saturated carbocycles. The predicted octanol–water partition coefficient (Wildman–Crippen LogP) is 5.78. The van der Waals surface area contributed by atoms with Crippen molar-refractivity contribution in [2.75, 3.05) is 0 Å². The lowest BCUT2D eigenvalue weighted by molar-refractivity contribution is 0.561. The molecule has 0 bridgehead atoms. The zero-order valence-corrected chi connectivity index (χ0v) is 27.4. The smallest absolute Gasteiger partial charge is 0.346 e. The topological polar surface area (TPSA) is 18.5 Å². The van der Waals surface area contributed by atoms with E-state index in [1.165, 1.54) is 31.1 Å². The summed E-state index contributed by atoms with van der Waals surface area (Å²) >= 11 is 0. The van der Waals surface area contributed by atoms with Gasteiger partial charge in [-0.05, 0) is 55.4 Å². The Morgan fingerprint density at radius 2 is 0.391 bits per heavy atom. The fourth-order valence-electron chi connectivity index (χ4n) is 6.32.